The summed E-state index contributed by atoms with van der Waals surface area (Å²) in [5.41, 5.74) is 0. The third-order valence-corrected chi connectivity index (χ3v) is 6.56. The van der Waals surface area contributed by atoms with Crippen LogP contribution in [-0.4, -0.2) is 39.7 Å². The highest BCUT2D eigenvalue weighted by Crippen LogP contribution is 2.42. The van der Waals surface area contributed by atoms with Gasteiger partial charge < -0.3 is 4.90 Å². The first-order chi connectivity index (χ1) is 9.12. The molecule has 2 heterocycles. The third kappa shape index (κ3) is 2.32. The molecular weight excluding hydrogens is 258 g/mol. The van der Waals surface area contributed by atoms with Crippen LogP contribution in [0.5, 0.6) is 0 Å². The predicted octanol–water partition coefficient (Wildman–Crippen LogP) is 2.63. The Labute approximate surface area is 119 Å². The van der Waals surface area contributed by atoms with Crippen molar-refractivity contribution >= 4 is 23.5 Å². The van der Waals surface area contributed by atoms with Crippen molar-refractivity contribution < 1.29 is 9.59 Å². The molecule has 19 heavy (non-hydrogen) atoms. The molecule has 0 aromatic heterocycles. The van der Waals surface area contributed by atoms with Gasteiger partial charge in [-0.3, -0.25) is 9.59 Å². The molecule has 0 aromatic rings. The summed E-state index contributed by atoms with van der Waals surface area (Å²) in [6.07, 6.45) is 7.00. The Balaban J connectivity index is 1.75. The number of ketones is 1. The van der Waals surface area contributed by atoms with E-state index in [1.165, 1.54) is 0 Å². The Morgan fingerprint density at radius 3 is 2.79 bits per heavy atom. The van der Waals surface area contributed by atoms with Crippen molar-refractivity contribution in [3.63, 3.8) is 0 Å². The molecule has 3 nitrogen and oxygen atoms in total. The maximum absolute atomic E-state index is 12.8. The van der Waals surface area contributed by atoms with Crippen molar-refractivity contribution in [1.82, 2.24) is 4.90 Å². The number of rotatable bonds is 2. The van der Waals surface area contributed by atoms with Crippen molar-refractivity contribution in [2.45, 2.75) is 62.7 Å². The molecule has 0 aromatic carbocycles. The summed E-state index contributed by atoms with van der Waals surface area (Å²) >= 11 is 1.81. The Morgan fingerprint density at radius 2 is 2.16 bits per heavy atom. The van der Waals surface area contributed by atoms with Crippen LogP contribution < -0.4 is 0 Å². The first kappa shape index (κ1) is 13.5. The Morgan fingerprint density at radius 1 is 1.32 bits per heavy atom. The first-order valence-corrected chi connectivity index (χ1v) is 8.58. The molecule has 1 amide bonds. The Kier molecular flexibility index (Phi) is 3.63. The van der Waals surface area contributed by atoms with Crippen LogP contribution >= 0.6 is 11.8 Å². The molecule has 2 aliphatic heterocycles. The van der Waals surface area contributed by atoms with Crippen LogP contribution in [0.4, 0.5) is 0 Å². The van der Waals surface area contributed by atoms with Crippen LogP contribution in [0.3, 0.4) is 0 Å². The number of carbonyl (C=O) groups excluding carboxylic acids is 2. The third-order valence-electron chi connectivity index (χ3n) is 5.05. The molecule has 3 aliphatic rings. The molecule has 3 atom stereocenters. The van der Waals surface area contributed by atoms with Gasteiger partial charge in [0.25, 0.3) is 0 Å². The minimum atomic E-state index is -0.218. The molecule has 0 N–H and O–H groups in total. The van der Waals surface area contributed by atoms with Crippen molar-refractivity contribution in [2.75, 3.05) is 12.3 Å². The van der Waals surface area contributed by atoms with Gasteiger partial charge in [-0.1, -0.05) is 0 Å². The van der Waals surface area contributed by atoms with Crippen molar-refractivity contribution in [2.24, 2.45) is 5.92 Å². The SMILES string of the molecule is CC1(C(=O)N2CCCC2C2CCCC2=O)CCCS1. The number of carbonyl (C=O) groups is 2. The molecular formula is C15H23NO2S. The zero-order valence-corrected chi connectivity index (χ0v) is 12.5. The zero-order valence-electron chi connectivity index (χ0n) is 11.7. The molecule has 0 radical (unpaired) electrons. The van der Waals surface area contributed by atoms with E-state index in [9.17, 15) is 9.59 Å². The number of amides is 1. The molecule has 1 aliphatic carbocycles. The van der Waals surface area contributed by atoms with Crippen molar-refractivity contribution in [1.29, 1.82) is 0 Å². The van der Waals surface area contributed by atoms with E-state index in [1.54, 1.807) is 0 Å². The molecule has 4 heteroatoms. The van der Waals surface area contributed by atoms with E-state index in [1.807, 2.05) is 11.8 Å². The average molecular weight is 281 g/mol. The lowest BCUT2D eigenvalue weighted by Crippen LogP contribution is -2.49. The van der Waals surface area contributed by atoms with Crippen LogP contribution in [0.15, 0.2) is 0 Å². The molecule has 0 bridgehead atoms. The number of likely N-dealkylation sites (tertiary alicyclic amines) is 1. The number of nitrogens with zero attached hydrogens (tertiary/aromatic N) is 1. The van der Waals surface area contributed by atoms with Gasteiger partial charge in [0, 0.05) is 24.9 Å². The van der Waals surface area contributed by atoms with Gasteiger partial charge in [-0.15, -0.1) is 11.8 Å². The summed E-state index contributed by atoms with van der Waals surface area (Å²) in [6.45, 7) is 2.96. The molecule has 3 rings (SSSR count). The van der Waals surface area contributed by atoms with Gasteiger partial charge >= 0.3 is 0 Å². The lowest BCUT2D eigenvalue weighted by Gasteiger charge is -2.34. The maximum atomic E-state index is 12.8. The monoisotopic (exact) mass is 281 g/mol. The largest absolute Gasteiger partial charge is 0.338 e. The summed E-state index contributed by atoms with van der Waals surface area (Å²) in [6, 6.07) is 0.209. The van der Waals surface area contributed by atoms with Gasteiger partial charge in [-0.05, 0) is 51.2 Å². The van der Waals surface area contributed by atoms with Gasteiger partial charge in [0.15, 0.2) is 0 Å². The summed E-state index contributed by atoms with van der Waals surface area (Å²) < 4.78 is -0.218. The average Bonchev–Trinajstić information content (AvgIpc) is 3.08. The molecule has 3 unspecified atom stereocenters. The van der Waals surface area contributed by atoms with E-state index in [2.05, 4.69) is 11.8 Å². The second-order valence-corrected chi connectivity index (χ2v) is 7.95. The first-order valence-electron chi connectivity index (χ1n) is 7.59. The summed E-state index contributed by atoms with van der Waals surface area (Å²) in [5, 5.41) is 0. The summed E-state index contributed by atoms with van der Waals surface area (Å²) in [7, 11) is 0. The smallest absolute Gasteiger partial charge is 0.238 e. The molecule has 1 saturated carbocycles. The zero-order chi connectivity index (χ0) is 13.5. The normalized spacial score (nSPS) is 39.2. The van der Waals surface area contributed by atoms with Gasteiger partial charge in [0.2, 0.25) is 5.91 Å². The van der Waals surface area contributed by atoms with Crippen LogP contribution in [0, 0.1) is 5.92 Å². The second-order valence-electron chi connectivity index (χ2n) is 6.36. The minimum Gasteiger partial charge on any atom is -0.338 e. The lowest BCUT2D eigenvalue weighted by molar-refractivity contribution is -0.136. The van der Waals surface area contributed by atoms with Crippen LogP contribution in [0.1, 0.15) is 51.9 Å². The van der Waals surface area contributed by atoms with Crippen molar-refractivity contribution in [3.05, 3.63) is 0 Å². The van der Waals surface area contributed by atoms with Gasteiger partial charge in [0.05, 0.1) is 4.75 Å². The highest BCUT2D eigenvalue weighted by atomic mass is 32.2. The summed E-state index contributed by atoms with van der Waals surface area (Å²) in [5.74, 6) is 1.94. The molecule has 106 valence electrons. The quantitative estimate of drug-likeness (QED) is 0.781. The van der Waals surface area contributed by atoms with E-state index >= 15 is 0 Å². The number of hydrogen-bond acceptors (Lipinski definition) is 3. The van der Waals surface area contributed by atoms with E-state index in [0.717, 1.165) is 57.2 Å². The van der Waals surface area contributed by atoms with Crippen LogP contribution in [0.2, 0.25) is 0 Å². The van der Waals surface area contributed by atoms with E-state index in [0.29, 0.717) is 11.7 Å². The Hall–Kier alpha value is -0.510. The fraction of sp³-hybridized carbons (Fsp3) is 0.867. The maximum Gasteiger partial charge on any atom is 0.238 e. The van der Waals surface area contributed by atoms with E-state index in [-0.39, 0.29) is 16.7 Å². The highest BCUT2D eigenvalue weighted by molar-refractivity contribution is 8.01. The van der Waals surface area contributed by atoms with E-state index in [4.69, 9.17) is 0 Å². The summed E-state index contributed by atoms with van der Waals surface area (Å²) in [4.78, 5) is 26.9. The highest BCUT2D eigenvalue weighted by Gasteiger charge is 2.46. The topological polar surface area (TPSA) is 37.4 Å². The van der Waals surface area contributed by atoms with Crippen molar-refractivity contribution in [3.8, 4) is 0 Å². The fourth-order valence-electron chi connectivity index (χ4n) is 3.96. The number of Topliss-reactive ketones (excluding diaryl/α,β-unsaturated/α-hetero) is 1. The fourth-order valence-corrected chi connectivity index (χ4v) is 5.23. The number of thioether (sulfide) groups is 1. The van der Waals surface area contributed by atoms with Gasteiger partial charge in [0.1, 0.15) is 5.78 Å². The number of hydrogen-bond donors (Lipinski definition) is 0. The standard InChI is InChI=1S/C15H23NO2S/c1-15(8-4-10-19-15)14(18)16-9-3-6-12(16)11-5-2-7-13(11)17/h11-12H,2-10H2,1H3. The molecule has 3 fully saturated rings. The molecule has 0 spiro atoms. The van der Waals surface area contributed by atoms with Gasteiger partial charge in [-0.25, -0.2) is 0 Å². The Bertz CT molecular complexity index is 390. The predicted molar refractivity (Wildman–Crippen MR) is 77.2 cm³/mol. The van der Waals surface area contributed by atoms with E-state index < -0.39 is 0 Å². The lowest BCUT2D eigenvalue weighted by atomic mass is 9.94. The van der Waals surface area contributed by atoms with Crippen LogP contribution in [-0.2, 0) is 9.59 Å². The minimum absolute atomic E-state index is 0.140. The molecule has 2 saturated heterocycles. The second kappa shape index (κ2) is 5.12. The van der Waals surface area contributed by atoms with Gasteiger partial charge in [-0.2, -0.15) is 0 Å². The van der Waals surface area contributed by atoms with Crippen LogP contribution in [0.25, 0.3) is 0 Å².